The van der Waals surface area contributed by atoms with E-state index in [1.165, 1.54) is 37.8 Å². The first-order valence-electron chi connectivity index (χ1n) is 10.1. The summed E-state index contributed by atoms with van der Waals surface area (Å²) in [5.41, 5.74) is 3.60. The molecule has 0 aliphatic heterocycles. The number of para-hydroxylation sites is 1. The Hall–Kier alpha value is -2.88. The molecule has 28 heavy (non-hydrogen) atoms. The summed E-state index contributed by atoms with van der Waals surface area (Å²) in [6.45, 7) is 0. The van der Waals surface area contributed by atoms with Crippen LogP contribution in [0.4, 0.5) is 11.4 Å². The number of fused-ring (bicyclic) bond motifs is 1. The Morgan fingerprint density at radius 3 is 2.39 bits per heavy atom. The molecule has 1 aliphatic rings. The third-order valence-corrected chi connectivity index (χ3v) is 5.91. The second-order valence-corrected chi connectivity index (χ2v) is 7.70. The molecule has 4 heteroatoms. The number of nitrogens with zero attached hydrogens (tertiary/aromatic N) is 3. The molecule has 1 saturated carbocycles. The van der Waals surface area contributed by atoms with Crippen LogP contribution >= 0.6 is 0 Å². The summed E-state index contributed by atoms with van der Waals surface area (Å²) in [6, 6.07) is 18.6. The lowest BCUT2D eigenvalue weighted by molar-refractivity contribution is 0.0993. The van der Waals surface area contributed by atoms with Gasteiger partial charge < -0.3 is 9.80 Å². The lowest BCUT2D eigenvalue weighted by Gasteiger charge is -2.33. The summed E-state index contributed by atoms with van der Waals surface area (Å²) in [6.07, 6.45) is 8.26. The number of aromatic nitrogens is 1. The topological polar surface area (TPSA) is 36.4 Å². The van der Waals surface area contributed by atoms with Crippen LogP contribution in [0, 0.1) is 0 Å². The van der Waals surface area contributed by atoms with Crippen LogP contribution < -0.4 is 9.80 Å². The normalized spacial score (nSPS) is 14.8. The Bertz CT molecular complexity index is 961. The van der Waals surface area contributed by atoms with E-state index in [4.69, 9.17) is 0 Å². The van der Waals surface area contributed by atoms with E-state index in [2.05, 4.69) is 29.1 Å². The second kappa shape index (κ2) is 8.01. The third-order valence-electron chi connectivity index (χ3n) is 5.91. The van der Waals surface area contributed by atoms with Crippen molar-refractivity contribution in [1.29, 1.82) is 0 Å². The quantitative estimate of drug-likeness (QED) is 0.624. The van der Waals surface area contributed by atoms with Gasteiger partial charge in [-0.15, -0.1) is 0 Å². The fourth-order valence-corrected chi connectivity index (χ4v) is 4.07. The van der Waals surface area contributed by atoms with Gasteiger partial charge in [0.2, 0.25) is 0 Å². The molecule has 1 aromatic heterocycles. The van der Waals surface area contributed by atoms with Gasteiger partial charge in [0.05, 0.1) is 17.4 Å². The maximum Gasteiger partial charge on any atom is 0.258 e. The largest absolute Gasteiger partial charge is 0.372 e. The van der Waals surface area contributed by atoms with E-state index in [0.717, 1.165) is 16.6 Å². The van der Waals surface area contributed by atoms with Gasteiger partial charge in [0, 0.05) is 36.8 Å². The molecule has 1 amide bonds. The third kappa shape index (κ3) is 3.72. The molecule has 4 rings (SSSR count). The van der Waals surface area contributed by atoms with Crippen molar-refractivity contribution in [3.63, 3.8) is 0 Å². The highest BCUT2D eigenvalue weighted by Gasteiger charge is 2.19. The predicted molar refractivity (Wildman–Crippen MR) is 116 cm³/mol. The molecule has 0 spiro atoms. The minimum absolute atomic E-state index is 0.0241. The van der Waals surface area contributed by atoms with E-state index in [1.54, 1.807) is 18.1 Å². The van der Waals surface area contributed by atoms with E-state index >= 15 is 0 Å². The van der Waals surface area contributed by atoms with Crippen molar-refractivity contribution in [1.82, 2.24) is 4.98 Å². The average molecular weight is 374 g/mol. The van der Waals surface area contributed by atoms with Gasteiger partial charge in [0.15, 0.2) is 0 Å². The minimum atomic E-state index is -0.0241. The summed E-state index contributed by atoms with van der Waals surface area (Å²) >= 11 is 0. The Morgan fingerprint density at radius 1 is 0.929 bits per heavy atom. The van der Waals surface area contributed by atoms with Gasteiger partial charge in [0.1, 0.15) is 0 Å². The zero-order valence-electron chi connectivity index (χ0n) is 16.6. The maximum atomic E-state index is 12.9. The molecule has 1 heterocycles. The van der Waals surface area contributed by atoms with E-state index in [0.29, 0.717) is 11.6 Å². The lowest BCUT2D eigenvalue weighted by Crippen LogP contribution is -2.33. The van der Waals surface area contributed by atoms with Crippen LogP contribution in [0.1, 0.15) is 42.5 Å². The summed E-state index contributed by atoms with van der Waals surface area (Å²) < 4.78 is 0. The van der Waals surface area contributed by atoms with Gasteiger partial charge in [-0.3, -0.25) is 9.78 Å². The number of carbonyl (C=O) groups is 1. The van der Waals surface area contributed by atoms with E-state index < -0.39 is 0 Å². The fourth-order valence-electron chi connectivity index (χ4n) is 4.07. The van der Waals surface area contributed by atoms with Crippen molar-refractivity contribution >= 4 is 28.2 Å². The SMILES string of the molecule is CN(C(=O)c1ccc(N(C)C2CCCCC2)cc1)c1cnc2ccccc2c1. The Balaban J connectivity index is 1.50. The van der Waals surface area contributed by atoms with E-state index in [-0.39, 0.29) is 5.91 Å². The van der Waals surface area contributed by atoms with Crippen LogP contribution in [-0.4, -0.2) is 31.0 Å². The van der Waals surface area contributed by atoms with Gasteiger partial charge in [-0.1, -0.05) is 37.5 Å². The highest BCUT2D eigenvalue weighted by Crippen LogP contribution is 2.27. The second-order valence-electron chi connectivity index (χ2n) is 7.70. The molecular formula is C24H27N3O. The lowest BCUT2D eigenvalue weighted by atomic mass is 9.94. The summed E-state index contributed by atoms with van der Waals surface area (Å²) in [5, 5.41) is 1.03. The van der Waals surface area contributed by atoms with Crippen LogP contribution in [0.15, 0.2) is 60.8 Å². The summed E-state index contributed by atoms with van der Waals surface area (Å²) in [4.78, 5) is 21.4. The number of amides is 1. The first kappa shape index (κ1) is 18.5. The van der Waals surface area contributed by atoms with E-state index in [1.807, 2.05) is 42.5 Å². The number of rotatable bonds is 4. The van der Waals surface area contributed by atoms with Gasteiger partial charge in [-0.2, -0.15) is 0 Å². The summed E-state index contributed by atoms with van der Waals surface area (Å²) in [5.74, 6) is -0.0241. The highest BCUT2D eigenvalue weighted by atomic mass is 16.2. The molecule has 144 valence electrons. The zero-order chi connectivity index (χ0) is 19.5. The van der Waals surface area contributed by atoms with Crippen molar-refractivity contribution in [2.24, 2.45) is 0 Å². The number of anilines is 2. The molecule has 0 radical (unpaired) electrons. The van der Waals surface area contributed by atoms with Crippen LogP contribution in [0.3, 0.4) is 0 Å². The molecule has 0 saturated heterocycles. The standard InChI is InChI=1S/C24H27N3O/c1-26(20-9-4-3-5-10-20)21-14-12-18(13-15-21)24(28)27(2)22-16-19-8-6-7-11-23(19)25-17-22/h6-8,11-17,20H,3-5,9-10H2,1-2H3. The molecule has 2 aromatic carbocycles. The molecular weight excluding hydrogens is 346 g/mol. The van der Waals surface area contributed by atoms with Crippen molar-refractivity contribution in [3.8, 4) is 0 Å². The molecule has 1 aliphatic carbocycles. The van der Waals surface area contributed by atoms with Gasteiger partial charge in [-0.25, -0.2) is 0 Å². The van der Waals surface area contributed by atoms with Crippen LogP contribution in [-0.2, 0) is 0 Å². The highest BCUT2D eigenvalue weighted by molar-refractivity contribution is 6.06. The minimum Gasteiger partial charge on any atom is -0.372 e. The number of hydrogen-bond donors (Lipinski definition) is 0. The van der Waals surface area contributed by atoms with Crippen LogP contribution in [0.2, 0.25) is 0 Å². The van der Waals surface area contributed by atoms with E-state index in [9.17, 15) is 4.79 Å². The molecule has 3 aromatic rings. The van der Waals surface area contributed by atoms with Crippen molar-refractivity contribution in [2.75, 3.05) is 23.9 Å². The molecule has 0 atom stereocenters. The Labute approximate surface area is 166 Å². The number of pyridine rings is 1. The van der Waals surface area contributed by atoms with Gasteiger partial charge >= 0.3 is 0 Å². The van der Waals surface area contributed by atoms with Crippen molar-refractivity contribution in [3.05, 3.63) is 66.4 Å². The Morgan fingerprint density at radius 2 is 1.64 bits per heavy atom. The van der Waals surface area contributed by atoms with Crippen LogP contribution in [0.25, 0.3) is 10.9 Å². The maximum absolute atomic E-state index is 12.9. The van der Waals surface area contributed by atoms with Crippen molar-refractivity contribution < 1.29 is 4.79 Å². The molecule has 1 fully saturated rings. The monoisotopic (exact) mass is 373 g/mol. The smallest absolute Gasteiger partial charge is 0.258 e. The van der Waals surface area contributed by atoms with Gasteiger partial charge in [-0.05, 0) is 49.2 Å². The van der Waals surface area contributed by atoms with Crippen LogP contribution in [0.5, 0.6) is 0 Å². The first-order chi connectivity index (χ1) is 13.6. The zero-order valence-corrected chi connectivity index (χ0v) is 16.6. The molecule has 4 nitrogen and oxygen atoms in total. The van der Waals surface area contributed by atoms with Crippen molar-refractivity contribution in [2.45, 2.75) is 38.1 Å². The van der Waals surface area contributed by atoms with Gasteiger partial charge in [0.25, 0.3) is 5.91 Å². The molecule has 0 bridgehead atoms. The predicted octanol–water partition coefficient (Wildman–Crippen LogP) is 5.28. The molecule has 0 unspecified atom stereocenters. The average Bonchev–Trinajstić information content (AvgIpc) is 2.78. The Kier molecular flexibility index (Phi) is 5.29. The molecule has 0 N–H and O–H groups in total. The number of benzene rings is 2. The number of hydrogen-bond acceptors (Lipinski definition) is 3. The first-order valence-corrected chi connectivity index (χ1v) is 10.1. The summed E-state index contributed by atoms with van der Waals surface area (Å²) in [7, 11) is 3.97. The fraction of sp³-hybridized carbons (Fsp3) is 0.333. The number of carbonyl (C=O) groups excluding carboxylic acids is 1.